The topological polar surface area (TPSA) is 0 Å². The molecule has 0 amide bonds. The molecule has 1 radical (unpaired) electrons. The second-order valence-electron chi connectivity index (χ2n) is 2.28. The average Bonchev–Trinajstić information content (AvgIpc) is 1.91. The smallest absolute Gasteiger partial charge is 0 e. The quantitative estimate of drug-likeness (QED) is 0.287. The largest absolute Gasteiger partial charge is 0.316 e. The molecule has 0 N–H and O–H groups in total. The molecule has 0 aliphatic heterocycles. The zero-order valence-corrected chi connectivity index (χ0v) is 14.2. The molecule has 0 aromatic rings. The van der Waals surface area contributed by atoms with Crippen molar-refractivity contribution in [3.8, 4) is 0 Å². The van der Waals surface area contributed by atoms with Gasteiger partial charge in [0.25, 0.3) is 0 Å². The molecule has 0 atom stereocenters. The second kappa shape index (κ2) is 36.9. The van der Waals surface area contributed by atoms with Crippen molar-refractivity contribution in [2.45, 2.75) is 60.3 Å². The first-order valence-corrected chi connectivity index (χ1v) is 5.46. The molecule has 85 valence electrons. The van der Waals surface area contributed by atoms with Gasteiger partial charge in [0.1, 0.15) is 0 Å². The second-order valence-corrected chi connectivity index (χ2v) is 3.52. The number of halogens is 2. The van der Waals surface area contributed by atoms with Crippen molar-refractivity contribution in [3.05, 3.63) is 4.43 Å². The van der Waals surface area contributed by atoms with Crippen LogP contribution in [0, 0.1) is 4.43 Å². The van der Waals surface area contributed by atoms with Crippen LogP contribution in [0.25, 0.3) is 0 Å². The fourth-order valence-electron chi connectivity index (χ4n) is 0.677. The van der Waals surface area contributed by atoms with Crippen LogP contribution in [0.4, 0.5) is 0 Å². The molecule has 0 saturated carbocycles. The Hall–Kier alpha value is 2.04. The van der Waals surface area contributed by atoms with Gasteiger partial charge in [0.05, 0.1) is 0 Å². The maximum absolute atomic E-state index is 2.25. The van der Waals surface area contributed by atoms with Crippen LogP contribution in [0.3, 0.4) is 0 Å². The molecule has 0 bridgehead atoms. The Labute approximate surface area is 128 Å². The summed E-state index contributed by atoms with van der Waals surface area (Å²) in [6.07, 6.45) is 7.01. The van der Waals surface area contributed by atoms with Gasteiger partial charge in [0, 0.05) is 18.6 Å². The van der Waals surface area contributed by atoms with Crippen LogP contribution >= 0.6 is 46.6 Å². The summed E-state index contributed by atoms with van der Waals surface area (Å²) < 4.78 is 1.97. The third kappa shape index (κ3) is 55.8. The van der Waals surface area contributed by atoms with Gasteiger partial charge in [-0.1, -0.05) is 53.4 Å². The summed E-state index contributed by atoms with van der Waals surface area (Å²) in [5.41, 5.74) is 0. The molecule has 0 aromatic heterocycles. The summed E-state index contributed by atoms with van der Waals surface area (Å²) in [5, 5.41) is 0. The van der Waals surface area contributed by atoms with Gasteiger partial charge in [0.15, 0.2) is 0 Å². The van der Waals surface area contributed by atoms with Crippen LogP contribution in [0.15, 0.2) is 0 Å². The van der Waals surface area contributed by atoms with E-state index in [4.69, 9.17) is 0 Å². The Kier molecular flexibility index (Phi) is 83.6. The number of rotatable bonds is 4. The van der Waals surface area contributed by atoms with Crippen molar-refractivity contribution >= 4 is 46.6 Å². The van der Waals surface area contributed by atoms with Crippen molar-refractivity contribution in [1.82, 2.24) is 0 Å². The monoisotopic (exact) mass is 450 g/mol. The zero-order chi connectivity index (χ0) is 8.24. The predicted molar refractivity (Wildman–Crippen MR) is 80.6 cm³/mol. The number of hydrogen-bond donors (Lipinski definition) is 0. The van der Waals surface area contributed by atoms with Crippen LogP contribution in [0.5, 0.6) is 0 Å². The molecule has 13 heavy (non-hydrogen) atoms. The molecule has 0 aliphatic carbocycles. The Morgan fingerprint density at radius 1 is 1.00 bits per heavy atom. The van der Waals surface area contributed by atoms with Crippen molar-refractivity contribution in [2.24, 2.45) is 0 Å². The van der Waals surface area contributed by atoms with Gasteiger partial charge < -0.3 is 22.6 Å². The first-order chi connectivity index (χ1) is 4.83. The molecule has 0 aliphatic rings. The SMILES string of the molecule is C.CCCCCCC.C[CH-]I.I.[V]. The summed E-state index contributed by atoms with van der Waals surface area (Å²) in [7, 11) is 0. The van der Waals surface area contributed by atoms with Gasteiger partial charge >= 0.3 is 0 Å². The standard InChI is InChI=1S/C7H16.C2H4I.CH4.HI.V/c1-3-5-7-6-4-2;1-2-3;;;/h3-7H2,1-2H3;2H,1H3;1H4;1H;/q;-1;;;. The van der Waals surface area contributed by atoms with E-state index in [9.17, 15) is 0 Å². The first-order valence-electron chi connectivity index (χ1n) is 4.21. The Morgan fingerprint density at radius 3 is 1.38 bits per heavy atom. The van der Waals surface area contributed by atoms with Crippen LogP contribution in [0.1, 0.15) is 60.3 Å². The molecule has 0 nitrogen and oxygen atoms in total. The normalized spacial score (nSPS) is 6.46. The van der Waals surface area contributed by atoms with E-state index in [-0.39, 0.29) is 50.0 Å². The van der Waals surface area contributed by atoms with E-state index >= 15 is 0 Å². The molecule has 3 heteroatoms. The van der Waals surface area contributed by atoms with Gasteiger partial charge in [-0.15, -0.1) is 24.0 Å². The van der Waals surface area contributed by atoms with Crippen LogP contribution in [0.2, 0.25) is 0 Å². The molecule has 0 heterocycles. The van der Waals surface area contributed by atoms with Crippen LogP contribution in [-0.2, 0) is 18.6 Å². The molecule has 0 fully saturated rings. The minimum atomic E-state index is 0. The van der Waals surface area contributed by atoms with E-state index in [1.54, 1.807) is 0 Å². The van der Waals surface area contributed by atoms with Gasteiger partial charge in [-0.05, 0) is 0 Å². The summed E-state index contributed by atoms with van der Waals surface area (Å²) in [5.74, 6) is 0. The number of unbranched alkanes of at least 4 members (excludes halogenated alkanes) is 4. The van der Waals surface area contributed by atoms with Gasteiger partial charge in [-0.2, -0.15) is 6.92 Å². The van der Waals surface area contributed by atoms with Crippen molar-refractivity contribution in [2.75, 3.05) is 0 Å². The van der Waals surface area contributed by atoms with Gasteiger partial charge in [-0.25, -0.2) is 0 Å². The molecule has 0 aromatic carbocycles. The van der Waals surface area contributed by atoms with Gasteiger partial charge in [-0.3, -0.25) is 4.43 Å². The Balaban J connectivity index is -0.0000000320. The summed E-state index contributed by atoms with van der Waals surface area (Å²) in [6.45, 7) is 6.48. The summed E-state index contributed by atoms with van der Waals surface area (Å²) >= 11 is 2.16. The molecule has 0 saturated heterocycles. The maximum Gasteiger partial charge on any atom is 0 e. The van der Waals surface area contributed by atoms with E-state index in [1.807, 2.05) is 11.4 Å². The molecule has 0 unspecified atom stereocenters. The van der Waals surface area contributed by atoms with E-state index in [1.165, 1.54) is 32.1 Å². The van der Waals surface area contributed by atoms with Crippen molar-refractivity contribution in [1.29, 1.82) is 0 Å². The van der Waals surface area contributed by atoms with Crippen LogP contribution < -0.4 is 0 Å². The zero-order valence-electron chi connectivity index (χ0n) is 8.35. The predicted octanol–water partition coefficient (Wildman–Crippen LogP) is 5.83. The summed E-state index contributed by atoms with van der Waals surface area (Å²) in [6, 6.07) is 0. The van der Waals surface area contributed by atoms with E-state index in [0.29, 0.717) is 0 Å². The van der Waals surface area contributed by atoms with E-state index in [0.717, 1.165) is 0 Å². The third-order valence-electron chi connectivity index (χ3n) is 1.21. The first kappa shape index (κ1) is 29.4. The molecular formula is C10H25I2V-. The fourth-order valence-corrected chi connectivity index (χ4v) is 0.677. The minimum absolute atomic E-state index is 0. The van der Waals surface area contributed by atoms with Crippen LogP contribution in [-0.4, -0.2) is 0 Å². The van der Waals surface area contributed by atoms with Gasteiger partial charge in [0.2, 0.25) is 0 Å². The minimum Gasteiger partial charge on any atom is -0.316 e. The van der Waals surface area contributed by atoms with E-state index < -0.39 is 0 Å². The number of hydrogen-bond acceptors (Lipinski definition) is 0. The van der Waals surface area contributed by atoms with Crippen molar-refractivity contribution < 1.29 is 18.6 Å². The Morgan fingerprint density at radius 2 is 1.23 bits per heavy atom. The molecule has 0 rings (SSSR count). The van der Waals surface area contributed by atoms with E-state index in [2.05, 4.69) is 36.4 Å². The average molecular weight is 450 g/mol. The summed E-state index contributed by atoms with van der Waals surface area (Å²) in [4.78, 5) is 0. The molecule has 0 spiro atoms. The molecular weight excluding hydrogens is 425 g/mol. The Bertz CT molecular complexity index is 39.9. The van der Waals surface area contributed by atoms with Crippen molar-refractivity contribution in [3.63, 3.8) is 0 Å². The maximum atomic E-state index is 2.25. The fraction of sp³-hybridized carbons (Fsp3) is 0.900. The third-order valence-corrected chi connectivity index (χ3v) is 1.21.